The third-order valence-corrected chi connectivity index (χ3v) is 6.61. The van der Waals surface area contributed by atoms with Crippen molar-refractivity contribution in [2.75, 3.05) is 12.4 Å². The van der Waals surface area contributed by atoms with Crippen LogP contribution in [0.1, 0.15) is 12.0 Å². The molecule has 1 aromatic rings. The maximum Gasteiger partial charge on any atom is 0.266 e. The highest BCUT2D eigenvalue weighted by Gasteiger charge is 2.55. The van der Waals surface area contributed by atoms with E-state index in [9.17, 15) is 13.2 Å². The smallest absolute Gasteiger partial charge is 0.266 e. The number of hydrogen-bond acceptors (Lipinski definition) is 3. The van der Waals surface area contributed by atoms with Crippen molar-refractivity contribution in [3.63, 3.8) is 0 Å². The monoisotopic (exact) mass is 361 g/mol. The van der Waals surface area contributed by atoms with Gasteiger partial charge in [-0.3, -0.25) is 4.79 Å². The molecular weight excluding hydrogens is 345 g/mol. The zero-order valence-corrected chi connectivity index (χ0v) is 14.5. The van der Waals surface area contributed by atoms with Gasteiger partial charge in [0.05, 0.1) is 4.90 Å². The van der Waals surface area contributed by atoms with Crippen LogP contribution in [0.25, 0.3) is 0 Å². The van der Waals surface area contributed by atoms with Crippen LogP contribution in [0.2, 0.25) is 0 Å². The summed E-state index contributed by atoms with van der Waals surface area (Å²) in [5, 5.41) is 0. The summed E-state index contributed by atoms with van der Waals surface area (Å²) in [5.41, 5.74) is 0.934. The largest absolute Gasteiger partial charge is 0.272 e. The second-order valence-corrected chi connectivity index (χ2v) is 8.21. The summed E-state index contributed by atoms with van der Waals surface area (Å²) < 4.78 is 26.2. The Bertz CT molecular complexity index is 687. The van der Waals surface area contributed by atoms with Gasteiger partial charge in [0, 0.05) is 18.3 Å². The van der Waals surface area contributed by atoms with Gasteiger partial charge in [-0.1, -0.05) is 23.8 Å². The molecule has 120 valence electrons. The molecule has 1 saturated heterocycles. The normalized spacial score (nSPS) is 25.5. The first kappa shape index (κ1) is 17.3. The lowest BCUT2D eigenvalue weighted by atomic mass is 9.93. The van der Waals surface area contributed by atoms with Gasteiger partial charge in [0.1, 0.15) is 4.87 Å². The van der Waals surface area contributed by atoms with E-state index in [4.69, 9.17) is 23.2 Å². The number of halogens is 2. The maximum atomic E-state index is 12.7. The van der Waals surface area contributed by atoms with Gasteiger partial charge in [0.25, 0.3) is 15.9 Å². The average molecular weight is 362 g/mol. The van der Waals surface area contributed by atoms with Crippen molar-refractivity contribution in [3.05, 3.63) is 42.5 Å². The Morgan fingerprint density at radius 3 is 2.50 bits per heavy atom. The Labute approximate surface area is 140 Å². The predicted molar refractivity (Wildman–Crippen MR) is 87.7 cm³/mol. The topological polar surface area (TPSA) is 54.5 Å². The molecule has 7 heteroatoms. The second-order valence-electron chi connectivity index (χ2n) is 5.36. The Morgan fingerprint density at radius 2 is 2.00 bits per heavy atom. The number of rotatable bonds is 5. The molecule has 2 rings (SSSR count). The summed E-state index contributed by atoms with van der Waals surface area (Å²) in [6, 6.07) is 6.33. The van der Waals surface area contributed by atoms with E-state index in [1.54, 1.807) is 12.1 Å². The van der Waals surface area contributed by atoms with E-state index in [1.165, 1.54) is 18.2 Å². The van der Waals surface area contributed by atoms with Crippen LogP contribution in [0, 0.1) is 12.8 Å². The lowest BCUT2D eigenvalue weighted by molar-refractivity contribution is -0.126. The van der Waals surface area contributed by atoms with Gasteiger partial charge in [-0.05, 0) is 25.5 Å². The van der Waals surface area contributed by atoms with Gasteiger partial charge in [-0.15, -0.1) is 29.8 Å². The standard InChI is InChI=1S/C15H17Cl2NO3S/c1-3-8-15(17)12(9-16)10-18(14(15)19)22(20,21)13-6-4-11(2)5-7-13/h3-7,12H,1,8-10H2,2H3/t12-,15-/m0/s1. The Hall–Kier alpha value is -1.04. The van der Waals surface area contributed by atoms with E-state index in [1.807, 2.05) is 6.92 Å². The third-order valence-electron chi connectivity index (χ3n) is 3.85. The molecule has 1 amide bonds. The van der Waals surface area contributed by atoms with E-state index in [2.05, 4.69) is 6.58 Å². The van der Waals surface area contributed by atoms with Gasteiger partial charge >= 0.3 is 0 Å². The van der Waals surface area contributed by atoms with Crippen molar-refractivity contribution in [3.8, 4) is 0 Å². The van der Waals surface area contributed by atoms with E-state index >= 15 is 0 Å². The van der Waals surface area contributed by atoms with Crippen LogP contribution >= 0.6 is 23.2 Å². The minimum Gasteiger partial charge on any atom is -0.272 e. The molecule has 1 aliphatic rings. The fourth-order valence-electron chi connectivity index (χ4n) is 2.49. The molecule has 22 heavy (non-hydrogen) atoms. The molecule has 0 bridgehead atoms. The van der Waals surface area contributed by atoms with E-state index in [0.29, 0.717) is 0 Å². The number of amides is 1. The molecule has 0 spiro atoms. The summed E-state index contributed by atoms with van der Waals surface area (Å²) in [6.45, 7) is 5.42. The molecule has 1 fully saturated rings. The summed E-state index contributed by atoms with van der Waals surface area (Å²) in [5.74, 6) is -0.995. The Balaban J connectivity index is 2.42. The fraction of sp³-hybridized carbons (Fsp3) is 0.400. The molecule has 4 nitrogen and oxygen atoms in total. The highest BCUT2D eigenvalue weighted by molar-refractivity contribution is 7.89. The molecule has 0 aliphatic carbocycles. The summed E-state index contributed by atoms with van der Waals surface area (Å²) in [7, 11) is -3.93. The first-order chi connectivity index (χ1) is 10.3. The number of nitrogens with zero attached hydrogens (tertiary/aromatic N) is 1. The van der Waals surface area contributed by atoms with E-state index in [0.717, 1.165) is 9.87 Å². The number of aryl methyl sites for hydroxylation is 1. The Kier molecular flexibility index (Phi) is 4.90. The average Bonchev–Trinajstić information content (AvgIpc) is 2.72. The van der Waals surface area contributed by atoms with Crippen LogP contribution in [-0.4, -0.2) is 35.9 Å². The maximum absolute atomic E-state index is 12.7. The molecule has 1 aromatic carbocycles. The third kappa shape index (κ3) is 2.77. The minimum absolute atomic E-state index is 0.0180. The van der Waals surface area contributed by atoms with Gasteiger partial charge in [0.15, 0.2) is 0 Å². The van der Waals surface area contributed by atoms with Crippen LogP contribution in [0.4, 0.5) is 0 Å². The molecular formula is C15H17Cl2NO3S. The van der Waals surface area contributed by atoms with Crippen molar-refractivity contribution in [2.45, 2.75) is 23.1 Å². The lowest BCUT2D eigenvalue weighted by Crippen LogP contribution is -2.40. The summed E-state index contributed by atoms with van der Waals surface area (Å²) in [6.07, 6.45) is 1.68. The molecule has 0 saturated carbocycles. The van der Waals surface area contributed by atoms with Gasteiger partial charge < -0.3 is 0 Å². The molecule has 0 unspecified atom stereocenters. The van der Waals surface area contributed by atoms with Crippen LogP contribution in [0.3, 0.4) is 0 Å². The number of benzene rings is 1. The number of carbonyl (C=O) groups is 1. The van der Waals surface area contributed by atoms with Crippen molar-refractivity contribution in [1.29, 1.82) is 0 Å². The minimum atomic E-state index is -3.93. The number of alkyl halides is 2. The van der Waals surface area contributed by atoms with Crippen LogP contribution in [0.5, 0.6) is 0 Å². The quantitative estimate of drug-likeness (QED) is 0.598. The van der Waals surface area contributed by atoms with E-state index < -0.39 is 26.7 Å². The van der Waals surface area contributed by atoms with Crippen LogP contribution in [-0.2, 0) is 14.8 Å². The Morgan fingerprint density at radius 1 is 1.41 bits per heavy atom. The summed E-state index contributed by atoms with van der Waals surface area (Å²) >= 11 is 12.3. The number of sulfonamides is 1. The van der Waals surface area contributed by atoms with Crippen LogP contribution in [0.15, 0.2) is 41.8 Å². The fourth-order valence-corrected chi connectivity index (χ4v) is 4.83. The molecule has 2 atom stereocenters. The second kappa shape index (κ2) is 6.22. The van der Waals surface area contributed by atoms with Crippen LogP contribution < -0.4 is 0 Å². The molecule has 0 aromatic heterocycles. The summed E-state index contributed by atoms with van der Waals surface area (Å²) in [4.78, 5) is 11.3. The number of carbonyl (C=O) groups excluding carboxylic acids is 1. The predicted octanol–water partition coefficient (Wildman–Crippen LogP) is 2.93. The lowest BCUT2D eigenvalue weighted by Gasteiger charge is -2.22. The molecule has 1 aliphatic heterocycles. The van der Waals surface area contributed by atoms with Gasteiger partial charge in [0.2, 0.25) is 0 Å². The highest BCUT2D eigenvalue weighted by atomic mass is 35.5. The SMILES string of the molecule is C=CC[C@@]1(Cl)C(=O)N(S(=O)(=O)c2ccc(C)cc2)C[C@@H]1CCl. The highest BCUT2D eigenvalue weighted by Crippen LogP contribution is 2.41. The van der Waals surface area contributed by atoms with Crippen molar-refractivity contribution < 1.29 is 13.2 Å². The van der Waals surface area contributed by atoms with Gasteiger partial charge in [-0.25, -0.2) is 12.7 Å². The van der Waals surface area contributed by atoms with Gasteiger partial charge in [-0.2, -0.15) is 0 Å². The molecule has 1 heterocycles. The van der Waals surface area contributed by atoms with Crippen molar-refractivity contribution >= 4 is 39.1 Å². The zero-order chi connectivity index (χ0) is 16.5. The molecule has 0 radical (unpaired) electrons. The zero-order valence-electron chi connectivity index (χ0n) is 12.1. The first-order valence-electron chi connectivity index (χ1n) is 6.77. The molecule has 0 N–H and O–H groups in total. The van der Waals surface area contributed by atoms with E-state index in [-0.39, 0.29) is 23.7 Å². The van der Waals surface area contributed by atoms with Crippen molar-refractivity contribution in [1.82, 2.24) is 4.31 Å². The van der Waals surface area contributed by atoms with Crippen molar-refractivity contribution in [2.24, 2.45) is 5.92 Å². The number of hydrogen-bond donors (Lipinski definition) is 0. The first-order valence-corrected chi connectivity index (χ1v) is 9.12. The number of allylic oxidation sites excluding steroid dienone is 1.